The third-order valence-corrected chi connectivity index (χ3v) is 3.77. The molecule has 108 valence electrons. The van der Waals surface area contributed by atoms with Gasteiger partial charge >= 0.3 is 0 Å². The number of nitrogens with two attached hydrogens (primary N) is 1. The molecule has 0 unspecified atom stereocenters. The van der Waals surface area contributed by atoms with Crippen LogP contribution in [0.3, 0.4) is 0 Å². The van der Waals surface area contributed by atoms with Crippen molar-refractivity contribution in [3.8, 4) is 11.5 Å². The van der Waals surface area contributed by atoms with E-state index in [2.05, 4.69) is 21.2 Å². The predicted molar refractivity (Wildman–Crippen MR) is 84.1 cm³/mol. The van der Waals surface area contributed by atoms with Gasteiger partial charge in [-0.2, -0.15) is 0 Å². The summed E-state index contributed by atoms with van der Waals surface area (Å²) < 4.78 is 11.3. The van der Waals surface area contributed by atoms with Crippen LogP contribution in [0.2, 0.25) is 5.02 Å². The molecule has 0 spiro atoms. The second-order valence-corrected chi connectivity index (χ2v) is 5.69. The Balaban J connectivity index is 1.88. The summed E-state index contributed by atoms with van der Waals surface area (Å²) in [7, 11) is 0. The van der Waals surface area contributed by atoms with E-state index in [0.29, 0.717) is 33.5 Å². The van der Waals surface area contributed by atoms with E-state index in [9.17, 15) is 4.79 Å². The van der Waals surface area contributed by atoms with Crippen LogP contribution in [0.4, 0.5) is 11.4 Å². The molecular weight excluding hydrogens is 360 g/mol. The van der Waals surface area contributed by atoms with Crippen LogP contribution in [0, 0.1) is 0 Å². The number of rotatable bonds is 2. The fourth-order valence-electron chi connectivity index (χ4n) is 1.93. The summed E-state index contributed by atoms with van der Waals surface area (Å²) in [4.78, 5) is 12.3. The predicted octanol–water partition coefficient (Wildman–Crippen LogP) is 3.67. The van der Waals surface area contributed by atoms with Crippen molar-refractivity contribution in [1.29, 1.82) is 0 Å². The van der Waals surface area contributed by atoms with E-state index in [1.54, 1.807) is 30.3 Å². The van der Waals surface area contributed by atoms with E-state index in [1.165, 1.54) is 0 Å². The second kappa shape index (κ2) is 5.46. The summed E-state index contributed by atoms with van der Waals surface area (Å²) in [6.07, 6.45) is 0. The van der Waals surface area contributed by atoms with Crippen LogP contribution in [-0.2, 0) is 0 Å². The Bertz CT molecular complexity index is 736. The van der Waals surface area contributed by atoms with E-state index in [4.69, 9.17) is 26.8 Å². The van der Waals surface area contributed by atoms with E-state index in [0.717, 1.165) is 4.47 Å². The van der Waals surface area contributed by atoms with Crippen molar-refractivity contribution in [3.05, 3.63) is 45.4 Å². The Labute approximate surface area is 134 Å². The maximum absolute atomic E-state index is 12.3. The van der Waals surface area contributed by atoms with Crippen LogP contribution in [0.15, 0.2) is 34.8 Å². The molecule has 5 nitrogen and oxygen atoms in total. The minimum absolute atomic E-state index is 0.144. The lowest BCUT2D eigenvalue weighted by Crippen LogP contribution is -2.13. The van der Waals surface area contributed by atoms with Gasteiger partial charge in [0.05, 0.1) is 22.0 Å². The first-order chi connectivity index (χ1) is 10.0. The average Bonchev–Trinajstić information content (AvgIpc) is 2.86. The molecule has 0 radical (unpaired) electrons. The zero-order chi connectivity index (χ0) is 15.0. The lowest BCUT2D eigenvalue weighted by Gasteiger charge is -2.10. The highest BCUT2D eigenvalue weighted by Crippen LogP contribution is 2.38. The third-order valence-electron chi connectivity index (χ3n) is 2.97. The zero-order valence-electron chi connectivity index (χ0n) is 10.7. The van der Waals surface area contributed by atoms with Crippen molar-refractivity contribution in [2.75, 3.05) is 17.8 Å². The molecule has 7 heteroatoms. The average molecular weight is 370 g/mol. The number of ether oxygens (including phenoxy) is 2. The van der Waals surface area contributed by atoms with Crippen molar-refractivity contribution in [3.63, 3.8) is 0 Å². The Morgan fingerprint density at radius 1 is 1.24 bits per heavy atom. The molecule has 0 saturated heterocycles. The normalized spacial score (nSPS) is 12.3. The second-order valence-electron chi connectivity index (χ2n) is 4.37. The lowest BCUT2D eigenvalue weighted by atomic mass is 10.2. The van der Waals surface area contributed by atoms with Crippen molar-refractivity contribution < 1.29 is 14.3 Å². The third kappa shape index (κ3) is 2.77. The van der Waals surface area contributed by atoms with Gasteiger partial charge in [0.25, 0.3) is 5.91 Å². The smallest absolute Gasteiger partial charge is 0.257 e. The molecule has 0 aliphatic carbocycles. The molecular formula is C14H10BrClN2O3. The van der Waals surface area contributed by atoms with Gasteiger partial charge in [0, 0.05) is 16.6 Å². The number of halogens is 2. The highest BCUT2D eigenvalue weighted by atomic mass is 79.9. The number of nitrogens with one attached hydrogen (secondary N) is 1. The zero-order valence-corrected chi connectivity index (χ0v) is 13.0. The molecule has 1 aliphatic rings. The Morgan fingerprint density at radius 3 is 2.67 bits per heavy atom. The van der Waals surface area contributed by atoms with Crippen molar-refractivity contribution in [2.45, 2.75) is 0 Å². The summed E-state index contributed by atoms with van der Waals surface area (Å²) in [5, 5.41) is 3.07. The molecule has 0 aromatic heterocycles. The fourth-order valence-corrected chi connectivity index (χ4v) is 2.69. The molecule has 2 aromatic carbocycles. The van der Waals surface area contributed by atoms with Crippen LogP contribution >= 0.6 is 27.5 Å². The standard InChI is InChI=1S/C14H10BrClN2O3/c15-7-1-2-8(9(16)3-7)14(19)18-11-5-13-12(4-10(11)17)20-6-21-13/h1-5H,6,17H2,(H,18,19). The quantitative estimate of drug-likeness (QED) is 0.792. The fraction of sp³-hybridized carbons (Fsp3) is 0.0714. The van der Waals surface area contributed by atoms with Crippen LogP contribution in [-0.4, -0.2) is 12.7 Å². The number of hydrogen-bond donors (Lipinski definition) is 2. The molecule has 1 amide bonds. The summed E-state index contributed by atoms with van der Waals surface area (Å²) in [5.41, 5.74) is 7.09. The van der Waals surface area contributed by atoms with E-state index in [1.807, 2.05) is 0 Å². The Morgan fingerprint density at radius 2 is 1.95 bits per heavy atom. The Kier molecular flexibility index (Phi) is 3.65. The topological polar surface area (TPSA) is 73.6 Å². The van der Waals surface area contributed by atoms with Crippen LogP contribution in [0.25, 0.3) is 0 Å². The van der Waals surface area contributed by atoms with Gasteiger partial charge in [-0.25, -0.2) is 0 Å². The molecule has 0 bridgehead atoms. The number of anilines is 2. The minimum atomic E-state index is -0.349. The summed E-state index contributed by atoms with van der Waals surface area (Å²) >= 11 is 9.35. The van der Waals surface area contributed by atoms with E-state index < -0.39 is 0 Å². The van der Waals surface area contributed by atoms with Crippen molar-refractivity contribution in [1.82, 2.24) is 0 Å². The van der Waals surface area contributed by atoms with Crippen LogP contribution in [0.1, 0.15) is 10.4 Å². The van der Waals surface area contributed by atoms with Gasteiger partial charge in [0.15, 0.2) is 11.5 Å². The van der Waals surface area contributed by atoms with Gasteiger partial charge in [-0.3, -0.25) is 4.79 Å². The highest BCUT2D eigenvalue weighted by molar-refractivity contribution is 9.10. The molecule has 0 saturated carbocycles. The van der Waals surface area contributed by atoms with Gasteiger partial charge in [-0.15, -0.1) is 0 Å². The number of carbonyl (C=O) groups excluding carboxylic acids is 1. The molecule has 0 atom stereocenters. The van der Waals surface area contributed by atoms with E-state index in [-0.39, 0.29) is 12.7 Å². The SMILES string of the molecule is Nc1cc2c(cc1NC(=O)c1ccc(Br)cc1Cl)OCO2. The molecule has 1 heterocycles. The summed E-state index contributed by atoms with van der Waals surface area (Å²) in [6, 6.07) is 8.26. The first kappa shape index (κ1) is 14.0. The number of nitrogen functional groups attached to an aromatic ring is 1. The molecule has 21 heavy (non-hydrogen) atoms. The largest absolute Gasteiger partial charge is 0.454 e. The van der Waals surface area contributed by atoms with Gasteiger partial charge in [0.1, 0.15) is 0 Å². The van der Waals surface area contributed by atoms with Gasteiger partial charge in [-0.1, -0.05) is 27.5 Å². The van der Waals surface area contributed by atoms with Crippen molar-refractivity contribution >= 4 is 44.8 Å². The van der Waals surface area contributed by atoms with Crippen molar-refractivity contribution in [2.24, 2.45) is 0 Å². The summed E-state index contributed by atoms with van der Waals surface area (Å²) in [5.74, 6) is 0.756. The van der Waals surface area contributed by atoms with Gasteiger partial charge < -0.3 is 20.5 Å². The molecule has 2 aromatic rings. The minimum Gasteiger partial charge on any atom is -0.454 e. The first-order valence-corrected chi connectivity index (χ1v) is 7.17. The maximum Gasteiger partial charge on any atom is 0.257 e. The molecule has 0 fully saturated rings. The number of hydrogen-bond acceptors (Lipinski definition) is 4. The maximum atomic E-state index is 12.3. The molecule has 1 aliphatic heterocycles. The molecule has 3 rings (SSSR count). The number of carbonyl (C=O) groups is 1. The lowest BCUT2D eigenvalue weighted by molar-refractivity contribution is 0.102. The van der Waals surface area contributed by atoms with Gasteiger partial charge in [-0.05, 0) is 18.2 Å². The monoisotopic (exact) mass is 368 g/mol. The van der Waals surface area contributed by atoms with Gasteiger partial charge in [0.2, 0.25) is 6.79 Å². The Hall–Kier alpha value is -1.92. The molecule has 3 N–H and O–H groups in total. The number of fused-ring (bicyclic) bond motifs is 1. The van der Waals surface area contributed by atoms with Crippen LogP contribution < -0.4 is 20.5 Å². The summed E-state index contributed by atoms with van der Waals surface area (Å²) in [6.45, 7) is 0.144. The number of amides is 1. The van der Waals surface area contributed by atoms with Crippen LogP contribution in [0.5, 0.6) is 11.5 Å². The number of benzene rings is 2. The van der Waals surface area contributed by atoms with E-state index >= 15 is 0 Å². The highest BCUT2D eigenvalue weighted by Gasteiger charge is 2.18. The first-order valence-electron chi connectivity index (χ1n) is 6.00.